The lowest BCUT2D eigenvalue weighted by Crippen LogP contribution is -1.91. The Bertz CT molecular complexity index is 527. The van der Waals surface area contributed by atoms with E-state index in [9.17, 15) is 0 Å². The number of anilines is 1. The van der Waals surface area contributed by atoms with Gasteiger partial charge in [0.15, 0.2) is 0 Å². The van der Waals surface area contributed by atoms with Crippen molar-refractivity contribution in [2.24, 2.45) is 0 Å². The minimum absolute atomic E-state index is 0.283. The monoisotopic (exact) mass is 269 g/mol. The molecule has 2 rings (SSSR count). The lowest BCUT2D eigenvalue weighted by Gasteiger charge is -2.04. The topological polar surface area (TPSA) is 61.0 Å². The summed E-state index contributed by atoms with van der Waals surface area (Å²) in [6, 6.07) is 5.08. The van der Waals surface area contributed by atoms with E-state index in [4.69, 9.17) is 22.1 Å². The van der Waals surface area contributed by atoms with Gasteiger partial charge in [0, 0.05) is 23.1 Å². The Morgan fingerprint density at radius 2 is 2.18 bits per heavy atom. The maximum atomic E-state index is 6.00. The van der Waals surface area contributed by atoms with Gasteiger partial charge in [-0.05, 0) is 18.2 Å². The molecule has 0 aliphatic carbocycles. The van der Waals surface area contributed by atoms with Crippen molar-refractivity contribution in [3.63, 3.8) is 0 Å². The van der Waals surface area contributed by atoms with Crippen molar-refractivity contribution in [3.8, 4) is 10.9 Å². The van der Waals surface area contributed by atoms with Gasteiger partial charge in [-0.1, -0.05) is 25.4 Å². The fourth-order valence-electron chi connectivity index (χ4n) is 1.19. The molecule has 17 heavy (non-hydrogen) atoms. The van der Waals surface area contributed by atoms with Gasteiger partial charge in [0.1, 0.15) is 11.6 Å². The molecule has 0 aliphatic heterocycles. The van der Waals surface area contributed by atoms with Crippen molar-refractivity contribution in [3.05, 3.63) is 29.0 Å². The molecule has 0 saturated heterocycles. The number of benzene rings is 1. The van der Waals surface area contributed by atoms with Gasteiger partial charge in [-0.25, -0.2) is 0 Å². The SMILES string of the molecule is CC(C)c1nsc(Oc2ccc(N)cc2Cl)n1. The third kappa shape index (κ3) is 2.87. The molecule has 0 saturated carbocycles. The van der Waals surface area contributed by atoms with Gasteiger partial charge in [-0.15, -0.1) is 0 Å². The summed E-state index contributed by atoms with van der Waals surface area (Å²) >= 11 is 7.21. The highest BCUT2D eigenvalue weighted by atomic mass is 35.5. The molecule has 4 nitrogen and oxygen atoms in total. The average Bonchev–Trinajstić information content (AvgIpc) is 2.71. The number of ether oxygens (including phenoxy) is 1. The largest absolute Gasteiger partial charge is 0.428 e. The Morgan fingerprint density at radius 3 is 2.76 bits per heavy atom. The van der Waals surface area contributed by atoms with Crippen LogP contribution in [0.3, 0.4) is 0 Å². The summed E-state index contributed by atoms with van der Waals surface area (Å²) in [5.74, 6) is 1.59. The number of hydrogen-bond acceptors (Lipinski definition) is 5. The standard InChI is InChI=1S/C11H12ClN3OS/c1-6(2)10-14-11(17-15-10)16-9-4-3-7(13)5-8(9)12/h3-6H,13H2,1-2H3. The summed E-state index contributed by atoms with van der Waals surface area (Å²) in [5.41, 5.74) is 6.20. The highest BCUT2D eigenvalue weighted by Crippen LogP contribution is 2.32. The second-order valence-electron chi connectivity index (χ2n) is 3.87. The number of nitrogens with two attached hydrogens (primary N) is 1. The summed E-state index contributed by atoms with van der Waals surface area (Å²) in [4.78, 5) is 4.26. The van der Waals surface area contributed by atoms with E-state index in [-0.39, 0.29) is 5.92 Å². The normalized spacial score (nSPS) is 10.8. The molecule has 2 aromatic rings. The minimum Gasteiger partial charge on any atom is -0.428 e. The summed E-state index contributed by atoms with van der Waals surface area (Å²) in [5, 5.41) is 0.951. The molecule has 1 heterocycles. The molecule has 90 valence electrons. The fraction of sp³-hybridized carbons (Fsp3) is 0.273. The third-order valence-electron chi connectivity index (χ3n) is 2.09. The molecule has 1 aromatic carbocycles. The fourth-order valence-corrected chi connectivity index (χ4v) is 2.10. The van der Waals surface area contributed by atoms with Gasteiger partial charge >= 0.3 is 0 Å². The number of nitrogens with zero attached hydrogens (tertiary/aromatic N) is 2. The molecular formula is C11H12ClN3OS. The van der Waals surface area contributed by atoms with Crippen LogP contribution in [0.5, 0.6) is 10.9 Å². The van der Waals surface area contributed by atoms with E-state index < -0.39 is 0 Å². The van der Waals surface area contributed by atoms with Crippen LogP contribution in [-0.4, -0.2) is 9.36 Å². The summed E-state index contributed by atoms with van der Waals surface area (Å²) in [6.07, 6.45) is 0. The van der Waals surface area contributed by atoms with Crippen LogP contribution >= 0.6 is 23.1 Å². The Balaban J connectivity index is 2.19. The van der Waals surface area contributed by atoms with Crippen molar-refractivity contribution in [1.82, 2.24) is 9.36 Å². The maximum absolute atomic E-state index is 6.00. The van der Waals surface area contributed by atoms with E-state index in [1.807, 2.05) is 13.8 Å². The highest BCUT2D eigenvalue weighted by molar-refractivity contribution is 7.07. The molecule has 0 aliphatic rings. The van der Waals surface area contributed by atoms with Crippen LogP contribution in [-0.2, 0) is 0 Å². The zero-order valence-corrected chi connectivity index (χ0v) is 11.0. The van der Waals surface area contributed by atoms with Crippen molar-refractivity contribution in [2.45, 2.75) is 19.8 Å². The molecule has 0 fully saturated rings. The Kier molecular flexibility index (Phi) is 3.49. The minimum atomic E-state index is 0.283. The van der Waals surface area contributed by atoms with E-state index in [1.54, 1.807) is 18.2 Å². The van der Waals surface area contributed by atoms with Crippen LogP contribution in [0, 0.1) is 0 Å². The first kappa shape index (κ1) is 12.1. The lowest BCUT2D eigenvalue weighted by atomic mass is 10.2. The van der Waals surface area contributed by atoms with Gasteiger partial charge in [-0.2, -0.15) is 9.36 Å². The lowest BCUT2D eigenvalue weighted by molar-refractivity contribution is 0.476. The first-order valence-electron chi connectivity index (χ1n) is 5.12. The molecule has 0 atom stereocenters. The third-order valence-corrected chi connectivity index (χ3v) is 3.00. The van der Waals surface area contributed by atoms with Crippen LogP contribution in [0.1, 0.15) is 25.6 Å². The second-order valence-corrected chi connectivity index (χ2v) is 4.99. The second kappa shape index (κ2) is 4.89. The predicted molar refractivity (Wildman–Crippen MR) is 69.9 cm³/mol. The molecule has 0 radical (unpaired) electrons. The summed E-state index contributed by atoms with van der Waals surface area (Å²) in [6.45, 7) is 4.06. The van der Waals surface area contributed by atoms with Crippen LogP contribution in [0.15, 0.2) is 18.2 Å². The van der Waals surface area contributed by atoms with E-state index in [1.165, 1.54) is 11.5 Å². The van der Waals surface area contributed by atoms with Gasteiger partial charge in [-0.3, -0.25) is 0 Å². The van der Waals surface area contributed by atoms with Crippen LogP contribution in [0.2, 0.25) is 5.02 Å². The van der Waals surface area contributed by atoms with E-state index in [2.05, 4.69) is 9.36 Å². The molecule has 6 heteroatoms. The Labute approximate surface area is 109 Å². The van der Waals surface area contributed by atoms with Crippen molar-refractivity contribution in [1.29, 1.82) is 0 Å². The van der Waals surface area contributed by atoms with Gasteiger partial charge < -0.3 is 10.5 Å². The molecule has 0 unspecified atom stereocenters. The van der Waals surface area contributed by atoms with Crippen molar-refractivity contribution in [2.75, 3.05) is 5.73 Å². The summed E-state index contributed by atoms with van der Waals surface area (Å²) in [7, 11) is 0. The van der Waals surface area contributed by atoms with Crippen molar-refractivity contribution >= 4 is 28.8 Å². The quantitative estimate of drug-likeness (QED) is 0.863. The first-order chi connectivity index (χ1) is 8.06. The number of aromatic nitrogens is 2. The molecule has 2 N–H and O–H groups in total. The molecule has 0 amide bonds. The number of rotatable bonds is 3. The van der Waals surface area contributed by atoms with Gasteiger partial charge in [0.25, 0.3) is 5.19 Å². The molecular weight excluding hydrogens is 258 g/mol. The molecule has 0 bridgehead atoms. The molecule has 1 aromatic heterocycles. The van der Waals surface area contributed by atoms with Crippen LogP contribution in [0.25, 0.3) is 0 Å². The number of halogens is 1. The van der Waals surface area contributed by atoms with E-state index >= 15 is 0 Å². The zero-order chi connectivity index (χ0) is 12.4. The summed E-state index contributed by atoms with van der Waals surface area (Å²) < 4.78 is 9.75. The first-order valence-corrected chi connectivity index (χ1v) is 6.28. The van der Waals surface area contributed by atoms with Crippen LogP contribution < -0.4 is 10.5 Å². The highest BCUT2D eigenvalue weighted by Gasteiger charge is 2.10. The van der Waals surface area contributed by atoms with E-state index in [0.29, 0.717) is 21.7 Å². The zero-order valence-electron chi connectivity index (χ0n) is 9.48. The Hall–Kier alpha value is -1.33. The number of hydrogen-bond donors (Lipinski definition) is 1. The number of nitrogen functional groups attached to an aromatic ring is 1. The van der Waals surface area contributed by atoms with Crippen molar-refractivity contribution < 1.29 is 4.74 Å². The maximum Gasteiger partial charge on any atom is 0.298 e. The Morgan fingerprint density at radius 1 is 1.41 bits per heavy atom. The smallest absolute Gasteiger partial charge is 0.298 e. The predicted octanol–water partition coefficient (Wildman–Crippen LogP) is 3.69. The van der Waals surface area contributed by atoms with Gasteiger partial charge in [0.05, 0.1) is 5.02 Å². The van der Waals surface area contributed by atoms with Gasteiger partial charge in [0.2, 0.25) is 0 Å². The van der Waals surface area contributed by atoms with E-state index in [0.717, 1.165) is 5.82 Å². The average molecular weight is 270 g/mol. The van der Waals surface area contributed by atoms with Crippen LogP contribution in [0.4, 0.5) is 5.69 Å². The molecule has 0 spiro atoms.